The molecule has 0 spiro atoms. The van der Waals surface area contributed by atoms with E-state index in [0.717, 1.165) is 12.8 Å². The largest absolute Gasteiger partial charge is 0.315 e. The molecule has 0 saturated carbocycles. The van der Waals surface area contributed by atoms with Gasteiger partial charge >= 0.3 is 0 Å². The van der Waals surface area contributed by atoms with Crippen LogP contribution in [0.4, 0.5) is 0 Å². The molecule has 2 unspecified atom stereocenters. The standard InChI is InChI=1S/C12H26N2/c1-8-12(4,14(6)7)11(13-5)9-10(2)3/h11,13H,2,8-9H2,1,3-7H3. The maximum Gasteiger partial charge on any atom is 0.0328 e. The summed E-state index contributed by atoms with van der Waals surface area (Å²) in [6.07, 6.45) is 2.18. The van der Waals surface area contributed by atoms with Gasteiger partial charge < -0.3 is 10.2 Å². The first kappa shape index (κ1) is 13.7. The van der Waals surface area contributed by atoms with Gasteiger partial charge in [0.05, 0.1) is 0 Å². The molecule has 0 aliphatic rings. The van der Waals surface area contributed by atoms with E-state index >= 15 is 0 Å². The predicted octanol–water partition coefficient (Wildman–Crippen LogP) is 2.27. The van der Waals surface area contributed by atoms with Crippen molar-refractivity contribution in [2.24, 2.45) is 0 Å². The molecular formula is C12H26N2. The van der Waals surface area contributed by atoms with Crippen molar-refractivity contribution in [2.45, 2.75) is 45.2 Å². The van der Waals surface area contributed by atoms with Gasteiger partial charge in [0.1, 0.15) is 0 Å². The Morgan fingerprint density at radius 2 is 2.00 bits per heavy atom. The van der Waals surface area contributed by atoms with Crippen LogP contribution in [0.1, 0.15) is 33.6 Å². The van der Waals surface area contributed by atoms with Crippen LogP contribution < -0.4 is 5.32 Å². The Morgan fingerprint density at radius 1 is 1.50 bits per heavy atom. The average Bonchev–Trinajstić information content (AvgIpc) is 2.12. The van der Waals surface area contributed by atoms with Gasteiger partial charge in [-0.2, -0.15) is 0 Å². The van der Waals surface area contributed by atoms with Gasteiger partial charge in [-0.25, -0.2) is 0 Å². The molecule has 1 N–H and O–H groups in total. The molecule has 0 aromatic carbocycles. The molecule has 0 fully saturated rings. The molecule has 2 heteroatoms. The maximum absolute atomic E-state index is 3.99. The highest BCUT2D eigenvalue weighted by atomic mass is 15.2. The minimum atomic E-state index is 0.202. The van der Waals surface area contributed by atoms with E-state index in [2.05, 4.69) is 51.7 Å². The van der Waals surface area contributed by atoms with Gasteiger partial charge in [0.25, 0.3) is 0 Å². The Hall–Kier alpha value is -0.340. The summed E-state index contributed by atoms with van der Waals surface area (Å²) in [4.78, 5) is 2.30. The van der Waals surface area contributed by atoms with Gasteiger partial charge in [-0.3, -0.25) is 0 Å². The summed E-state index contributed by atoms with van der Waals surface area (Å²) in [6, 6.07) is 0.472. The fourth-order valence-electron chi connectivity index (χ4n) is 1.86. The van der Waals surface area contributed by atoms with Crippen molar-refractivity contribution in [1.29, 1.82) is 0 Å². The van der Waals surface area contributed by atoms with Crippen molar-refractivity contribution < 1.29 is 0 Å². The van der Waals surface area contributed by atoms with Gasteiger partial charge in [0, 0.05) is 11.6 Å². The Kier molecular flexibility index (Phi) is 5.38. The number of nitrogens with zero attached hydrogens (tertiary/aromatic N) is 1. The van der Waals surface area contributed by atoms with E-state index in [4.69, 9.17) is 0 Å². The van der Waals surface area contributed by atoms with Crippen LogP contribution in [0.25, 0.3) is 0 Å². The fraction of sp³-hybridized carbons (Fsp3) is 0.833. The Bertz CT molecular complexity index is 187. The van der Waals surface area contributed by atoms with Crippen molar-refractivity contribution in [2.75, 3.05) is 21.1 Å². The van der Waals surface area contributed by atoms with Crippen LogP contribution in [0.3, 0.4) is 0 Å². The quantitative estimate of drug-likeness (QED) is 0.659. The number of rotatable bonds is 6. The van der Waals surface area contributed by atoms with Crippen molar-refractivity contribution in [3.05, 3.63) is 12.2 Å². The predicted molar refractivity (Wildman–Crippen MR) is 64.7 cm³/mol. The SMILES string of the molecule is C=C(C)CC(NC)C(C)(CC)N(C)C. The number of nitrogens with one attached hydrogen (secondary N) is 1. The molecule has 84 valence electrons. The van der Waals surface area contributed by atoms with Gasteiger partial charge in [-0.05, 0) is 47.8 Å². The lowest BCUT2D eigenvalue weighted by Gasteiger charge is -2.43. The molecule has 0 bridgehead atoms. The van der Waals surface area contributed by atoms with Crippen LogP contribution in [-0.4, -0.2) is 37.6 Å². The second-order valence-corrected chi connectivity index (χ2v) is 4.61. The van der Waals surface area contributed by atoms with Gasteiger partial charge in [-0.1, -0.05) is 12.5 Å². The summed E-state index contributed by atoms with van der Waals surface area (Å²) in [5.74, 6) is 0. The number of hydrogen-bond acceptors (Lipinski definition) is 2. The Balaban J connectivity index is 4.68. The van der Waals surface area contributed by atoms with Crippen LogP contribution in [-0.2, 0) is 0 Å². The minimum Gasteiger partial charge on any atom is -0.315 e. The average molecular weight is 198 g/mol. The molecule has 0 aromatic rings. The van der Waals surface area contributed by atoms with E-state index in [1.807, 2.05) is 7.05 Å². The van der Waals surface area contributed by atoms with Gasteiger partial charge in [-0.15, -0.1) is 6.58 Å². The van der Waals surface area contributed by atoms with E-state index in [1.165, 1.54) is 5.57 Å². The topological polar surface area (TPSA) is 15.3 Å². The first-order valence-corrected chi connectivity index (χ1v) is 5.37. The summed E-state index contributed by atoms with van der Waals surface area (Å²) in [7, 11) is 6.32. The molecule has 0 saturated heterocycles. The van der Waals surface area contributed by atoms with E-state index in [0.29, 0.717) is 6.04 Å². The summed E-state index contributed by atoms with van der Waals surface area (Å²) in [5.41, 5.74) is 1.44. The third-order valence-electron chi connectivity index (χ3n) is 3.39. The molecule has 0 aromatic heterocycles. The van der Waals surface area contributed by atoms with Crippen molar-refractivity contribution >= 4 is 0 Å². The van der Waals surface area contributed by atoms with Crippen molar-refractivity contribution in [3.8, 4) is 0 Å². The Morgan fingerprint density at radius 3 is 2.21 bits per heavy atom. The van der Waals surface area contributed by atoms with Crippen LogP contribution in [0.15, 0.2) is 12.2 Å². The van der Waals surface area contributed by atoms with Crippen LogP contribution >= 0.6 is 0 Å². The lowest BCUT2D eigenvalue weighted by Crippen LogP contribution is -2.56. The van der Waals surface area contributed by atoms with Gasteiger partial charge in [0.15, 0.2) is 0 Å². The monoisotopic (exact) mass is 198 g/mol. The number of hydrogen-bond donors (Lipinski definition) is 1. The van der Waals surface area contributed by atoms with E-state index in [1.54, 1.807) is 0 Å². The zero-order valence-electron chi connectivity index (χ0n) is 10.6. The summed E-state index contributed by atoms with van der Waals surface area (Å²) in [5, 5.41) is 3.40. The third-order valence-corrected chi connectivity index (χ3v) is 3.39. The van der Waals surface area contributed by atoms with Crippen LogP contribution in [0.2, 0.25) is 0 Å². The summed E-state index contributed by atoms with van der Waals surface area (Å²) < 4.78 is 0. The molecule has 0 rings (SSSR count). The zero-order valence-corrected chi connectivity index (χ0v) is 10.6. The minimum absolute atomic E-state index is 0.202. The first-order valence-electron chi connectivity index (χ1n) is 5.37. The fourth-order valence-corrected chi connectivity index (χ4v) is 1.86. The second-order valence-electron chi connectivity index (χ2n) is 4.61. The maximum atomic E-state index is 3.99. The third kappa shape index (κ3) is 3.10. The molecule has 14 heavy (non-hydrogen) atoms. The molecule has 0 amide bonds. The smallest absolute Gasteiger partial charge is 0.0328 e. The highest BCUT2D eigenvalue weighted by Crippen LogP contribution is 2.24. The Labute approximate surface area is 89.4 Å². The molecule has 2 nitrogen and oxygen atoms in total. The summed E-state index contributed by atoms with van der Waals surface area (Å²) >= 11 is 0. The molecular weight excluding hydrogens is 172 g/mol. The van der Waals surface area contributed by atoms with Crippen LogP contribution in [0, 0.1) is 0 Å². The van der Waals surface area contributed by atoms with E-state index < -0.39 is 0 Å². The lowest BCUT2D eigenvalue weighted by molar-refractivity contribution is 0.116. The van der Waals surface area contributed by atoms with Crippen molar-refractivity contribution in [3.63, 3.8) is 0 Å². The molecule has 2 atom stereocenters. The molecule has 0 radical (unpaired) electrons. The highest BCUT2D eigenvalue weighted by molar-refractivity contribution is 5.02. The highest BCUT2D eigenvalue weighted by Gasteiger charge is 2.33. The summed E-state index contributed by atoms with van der Waals surface area (Å²) in [6.45, 7) is 10.6. The van der Waals surface area contributed by atoms with Gasteiger partial charge in [0.2, 0.25) is 0 Å². The molecule has 0 heterocycles. The molecule has 0 aliphatic heterocycles. The van der Waals surface area contributed by atoms with E-state index in [-0.39, 0.29) is 5.54 Å². The first-order chi connectivity index (χ1) is 6.38. The number of likely N-dealkylation sites (N-methyl/N-ethyl adjacent to an activating group) is 2. The van der Waals surface area contributed by atoms with Crippen molar-refractivity contribution in [1.82, 2.24) is 10.2 Å². The lowest BCUT2D eigenvalue weighted by atomic mass is 9.84. The van der Waals surface area contributed by atoms with Crippen LogP contribution in [0.5, 0.6) is 0 Å². The van der Waals surface area contributed by atoms with E-state index in [9.17, 15) is 0 Å². The normalized spacial score (nSPS) is 17.9. The zero-order chi connectivity index (χ0) is 11.4. The molecule has 0 aliphatic carbocycles. The second kappa shape index (κ2) is 5.52.